The molecule has 1 saturated heterocycles. The lowest BCUT2D eigenvalue weighted by atomic mass is 10.1. The largest absolute Gasteiger partial charge is 0.480 e. The molecule has 1 rings (SSSR count). The van der Waals surface area contributed by atoms with Crippen LogP contribution in [0.25, 0.3) is 0 Å². The number of amides is 2. The molecule has 2 atom stereocenters. The molecule has 1 aliphatic heterocycles. The average Bonchev–Trinajstić information content (AvgIpc) is 2.70. The van der Waals surface area contributed by atoms with Crippen molar-refractivity contribution in [3.63, 3.8) is 0 Å². The average molecular weight is 257 g/mol. The zero-order valence-corrected chi connectivity index (χ0v) is 11.3. The van der Waals surface area contributed by atoms with Gasteiger partial charge in [0.15, 0.2) is 0 Å². The highest BCUT2D eigenvalue weighted by Gasteiger charge is 2.24. The Balaban J connectivity index is 2.38. The molecule has 18 heavy (non-hydrogen) atoms. The number of aliphatic carboxylic acids is 1. The van der Waals surface area contributed by atoms with E-state index in [2.05, 4.69) is 17.3 Å². The first-order chi connectivity index (χ1) is 8.43. The summed E-state index contributed by atoms with van der Waals surface area (Å²) in [5.41, 5.74) is 0. The second-order valence-corrected chi connectivity index (χ2v) is 5.05. The Hall–Kier alpha value is -1.30. The van der Waals surface area contributed by atoms with E-state index in [9.17, 15) is 9.59 Å². The van der Waals surface area contributed by atoms with Gasteiger partial charge in [0.05, 0.1) is 0 Å². The molecule has 104 valence electrons. The van der Waals surface area contributed by atoms with Crippen LogP contribution in [-0.4, -0.2) is 66.7 Å². The molecule has 1 aliphatic rings. The van der Waals surface area contributed by atoms with Gasteiger partial charge in [0.2, 0.25) is 0 Å². The van der Waals surface area contributed by atoms with Crippen LogP contribution in [0.2, 0.25) is 0 Å². The van der Waals surface area contributed by atoms with Crippen LogP contribution in [0.5, 0.6) is 0 Å². The molecule has 0 aromatic rings. The number of nitrogens with zero attached hydrogens (tertiary/aromatic N) is 2. The van der Waals surface area contributed by atoms with Gasteiger partial charge >= 0.3 is 12.0 Å². The number of urea groups is 1. The van der Waals surface area contributed by atoms with Crippen LogP contribution < -0.4 is 5.32 Å². The molecule has 1 fully saturated rings. The third kappa shape index (κ3) is 4.18. The predicted octanol–water partition coefficient (Wildman–Crippen LogP) is 0.443. The SMILES string of the molecule is CCC(NC(=O)N(C)CC1CCN(C)C1)C(=O)O. The van der Waals surface area contributed by atoms with Crippen LogP contribution >= 0.6 is 0 Å². The molecule has 6 heteroatoms. The topological polar surface area (TPSA) is 72.9 Å². The molecule has 0 aliphatic carbocycles. The Kier molecular flexibility index (Phi) is 5.40. The molecule has 0 aromatic carbocycles. The molecular weight excluding hydrogens is 234 g/mol. The van der Waals surface area contributed by atoms with E-state index >= 15 is 0 Å². The van der Waals surface area contributed by atoms with Crippen LogP contribution in [0.15, 0.2) is 0 Å². The summed E-state index contributed by atoms with van der Waals surface area (Å²) in [6.45, 7) is 4.47. The smallest absolute Gasteiger partial charge is 0.326 e. The highest BCUT2D eigenvalue weighted by Crippen LogP contribution is 2.15. The van der Waals surface area contributed by atoms with Gasteiger partial charge in [0.1, 0.15) is 6.04 Å². The minimum atomic E-state index is -0.986. The van der Waals surface area contributed by atoms with Gasteiger partial charge in [0.25, 0.3) is 0 Å². The summed E-state index contributed by atoms with van der Waals surface area (Å²) in [4.78, 5) is 26.5. The maximum Gasteiger partial charge on any atom is 0.326 e. The van der Waals surface area contributed by atoms with E-state index in [-0.39, 0.29) is 6.03 Å². The number of carbonyl (C=O) groups is 2. The number of carboxylic acid groups (broad SMARTS) is 1. The standard InChI is InChI=1S/C12H23N3O3/c1-4-10(11(16)17)13-12(18)15(3)8-9-5-6-14(2)7-9/h9-10H,4-8H2,1-3H3,(H,13,18)(H,16,17). The summed E-state index contributed by atoms with van der Waals surface area (Å²) >= 11 is 0. The normalized spacial score (nSPS) is 21.6. The predicted molar refractivity (Wildman–Crippen MR) is 68.5 cm³/mol. The van der Waals surface area contributed by atoms with Crippen LogP contribution in [0.1, 0.15) is 19.8 Å². The molecule has 0 saturated carbocycles. The van der Waals surface area contributed by atoms with Crippen molar-refractivity contribution in [2.45, 2.75) is 25.8 Å². The lowest BCUT2D eigenvalue weighted by Gasteiger charge is -2.23. The summed E-state index contributed by atoms with van der Waals surface area (Å²) in [5, 5.41) is 11.4. The number of carboxylic acids is 1. The Bertz CT molecular complexity index is 309. The molecule has 0 spiro atoms. The third-order valence-electron chi connectivity index (χ3n) is 3.37. The zero-order valence-electron chi connectivity index (χ0n) is 11.3. The molecule has 6 nitrogen and oxygen atoms in total. The fourth-order valence-corrected chi connectivity index (χ4v) is 2.24. The van der Waals surface area contributed by atoms with Crippen molar-refractivity contribution in [3.05, 3.63) is 0 Å². The van der Waals surface area contributed by atoms with E-state index in [1.807, 2.05) is 0 Å². The maximum atomic E-state index is 11.8. The summed E-state index contributed by atoms with van der Waals surface area (Å²) in [6.07, 6.45) is 1.48. The molecule has 0 aromatic heterocycles. The molecule has 2 N–H and O–H groups in total. The maximum absolute atomic E-state index is 11.8. The van der Waals surface area contributed by atoms with E-state index in [1.165, 1.54) is 0 Å². The fraction of sp³-hybridized carbons (Fsp3) is 0.833. The number of carbonyl (C=O) groups excluding carboxylic acids is 1. The Morgan fingerprint density at radius 3 is 2.67 bits per heavy atom. The molecule has 0 radical (unpaired) electrons. The van der Waals surface area contributed by atoms with Crippen molar-refractivity contribution in [1.29, 1.82) is 0 Å². The molecular formula is C12H23N3O3. The second kappa shape index (κ2) is 6.58. The molecule has 2 amide bonds. The van der Waals surface area contributed by atoms with Crippen molar-refractivity contribution in [1.82, 2.24) is 15.1 Å². The molecule has 1 heterocycles. The highest BCUT2D eigenvalue weighted by molar-refractivity contribution is 5.82. The first-order valence-electron chi connectivity index (χ1n) is 6.37. The van der Waals surface area contributed by atoms with E-state index < -0.39 is 12.0 Å². The lowest BCUT2D eigenvalue weighted by Crippen LogP contribution is -2.47. The number of rotatable bonds is 5. The van der Waals surface area contributed by atoms with E-state index in [0.29, 0.717) is 18.9 Å². The third-order valence-corrected chi connectivity index (χ3v) is 3.37. The van der Waals surface area contributed by atoms with Gasteiger partial charge < -0.3 is 20.2 Å². The van der Waals surface area contributed by atoms with Crippen molar-refractivity contribution in [2.75, 3.05) is 33.7 Å². The van der Waals surface area contributed by atoms with Gasteiger partial charge in [-0.3, -0.25) is 0 Å². The lowest BCUT2D eigenvalue weighted by molar-refractivity contribution is -0.139. The highest BCUT2D eigenvalue weighted by atomic mass is 16.4. The van der Waals surface area contributed by atoms with Crippen molar-refractivity contribution in [3.8, 4) is 0 Å². The van der Waals surface area contributed by atoms with Crippen LogP contribution in [0.3, 0.4) is 0 Å². The van der Waals surface area contributed by atoms with Gasteiger partial charge in [-0.15, -0.1) is 0 Å². The zero-order chi connectivity index (χ0) is 13.7. The van der Waals surface area contributed by atoms with Crippen molar-refractivity contribution in [2.24, 2.45) is 5.92 Å². The van der Waals surface area contributed by atoms with Gasteiger partial charge in [0, 0.05) is 20.1 Å². The fourth-order valence-electron chi connectivity index (χ4n) is 2.24. The first kappa shape index (κ1) is 14.8. The summed E-state index contributed by atoms with van der Waals surface area (Å²) in [7, 11) is 3.78. The number of hydrogen-bond acceptors (Lipinski definition) is 3. The van der Waals surface area contributed by atoms with E-state index in [4.69, 9.17) is 5.11 Å². The van der Waals surface area contributed by atoms with Crippen molar-refractivity contribution >= 4 is 12.0 Å². The summed E-state index contributed by atoms with van der Waals surface area (Å²) in [5.74, 6) is -0.504. The van der Waals surface area contributed by atoms with E-state index in [1.54, 1.807) is 18.9 Å². The van der Waals surface area contributed by atoms with Crippen LogP contribution in [-0.2, 0) is 4.79 Å². The van der Waals surface area contributed by atoms with Crippen LogP contribution in [0.4, 0.5) is 4.79 Å². The quantitative estimate of drug-likeness (QED) is 0.749. The van der Waals surface area contributed by atoms with Gasteiger partial charge in [-0.25, -0.2) is 9.59 Å². The Morgan fingerprint density at radius 2 is 2.22 bits per heavy atom. The Morgan fingerprint density at radius 1 is 1.56 bits per heavy atom. The van der Waals surface area contributed by atoms with E-state index in [0.717, 1.165) is 19.5 Å². The minimum absolute atomic E-state index is 0.307. The van der Waals surface area contributed by atoms with Crippen molar-refractivity contribution < 1.29 is 14.7 Å². The van der Waals surface area contributed by atoms with Gasteiger partial charge in [-0.1, -0.05) is 6.92 Å². The number of hydrogen-bond donors (Lipinski definition) is 2. The first-order valence-corrected chi connectivity index (χ1v) is 6.37. The minimum Gasteiger partial charge on any atom is -0.480 e. The van der Waals surface area contributed by atoms with Gasteiger partial charge in [-0.2, -0.15) is 0 Å². The monoisotopic (exact) mass is 257 g/mol. The van der Waals surface area contributed by atoms with Crippen LogP contribution in [0, 0.1) is 5.92 Å². The molecule has 2 unspecified atom stereocenters. The summed E-state index contributed by atoms with van der Waals surface area (Å²) in [6, 6.07) is -1.11. The Labute approximate surface area is 108 Å². The second-order valence-electron chi connectivity index (χ2n) is 5.05. The molecule has 0 bridgehead atoms. The summed E-state index contributed by atoms with van der Waals surface area (Å²) < 4.78 is 0. The number of nitrogens with one attached hydrogen (secondary N) is 1. The number of likely N-dealkylation sites (tertiary alicyclic amines) is 1. The van der Waals surface area contributed by atoms with Gasteiger partial charge in [-0.05, 0) is 32.4 Å².